The summed E-state index contributed by atoms with van der Waals surface area (Å²) in [7, 11) is 1.36. The lowest BCUT2D eigenvalue weighted by molar-refractivity contribution is 0.0600. The zero-order chi connectivity index (χ0) is 13.8. The highest BCUT2D eigenvalue weighted by Crippen LogP contribution is 2.31. The van der Waals surface area contributed by atoms with Crippen LogP contribution in [0.3, 0.4) is 0 Å². The summed E-state index contributed by atoms with van der Waals surface area (Å²) in [5.74, 6) is 1.07. The van der Waals surface area contributed by atoms with Crippen molar-refractivity contribution in [3.8, 4) is 5.75 Å². The first-order valence-electron chi connectivity index (χ1n) is 6.41. The van der Waals surface area contributed by atoms with Gasteiger partial charge in [-0.1, -0.05) is 13.3 Å². The summed E-state index contributed by atoms with van der Waals surface area (Å²) in [5.41, 5.74) is 1.09. The third kappa shape index (κ3) is 2.89. The molecule has 0 atom stereocenters. The lowest BCUT2D eigenvalue weighted by Crippen LogP contribution is -2.03. The van der Waals surface area contributed by atoms with Gasteiger partial charge < -0.3 is 13.9 Å². The van der Waals surface area contributed by atoms with E-state index in [0.717, 1.165) is 24.0 Å². The van der Waals surface area contributed by atoms with Gasteiger partial charge in [0.1, 0.15) is 17.1 Å². The summed E-state index contributed by atoms with van der Waals surface area (Å²) >= 11 is 0. The standard InChI is InChI=1S/C15H18O4/c1-4-5-6-18-13-8-11(15(16)17-3)9-14-12(13)7-10(2)19-14/h7-9H,4-6H2,1-3H3. The molecule has 1 aromatic carbocycles. The van der Waals surface area contributed by atoms with E-state index in [1.54, 1.807) is 12.1 Å². The molecule has 4 nitrogen and oxygen atoms in total. The monoisotopic (exact) mass is 262 g/mol. The van der Waals surface area contributed by atoms with Gasteiger partial charge in [-0.05, 0) is 31.5 Å². The molecule has 0 bridgehead atoms. The van der Waals surface area contributed by atoms with Gasteiger partial charge in [0.2, 0.25) is 0 Å². The molecule has 19 heavy (non-hydrogen) atoms. The number of aryl methyl sites for hydroxylation is 1. The van der Waals surface area contributed by atoms with Crippen LogP contribution in [0.25, 0.3) is 11.0 Å². The number of unbranched alkanes of at least 4 members (excludes halogenated alkanes) is 1. The summed E-state index contributed by atoms with van der Waals surface area (Å²) < 4.78 is 16.0. The Morgan fingerprint density at radius 1 is 1.32 bits per heavy atom. The summed E-state index contributed by atoms with van der Waals surface area (Å²) in [6.45, 7) is 4.60. The van der Waals surface area contributed by atoms with Crippen molar-refractivity contribution < 1.29 is 18.7 Å². The van der Waals surface area contributed by atoms with Crippen molar-refractivity contribution in [2.24, 2.45) is 0 Å². The van der Waals surface area contributed by atoms with Gasteiger partial charge in [0, 0.05) is 0 Å². The van der Waals surface area contributed by atoms with Gasteiger partial charge in [-0.3, -0.25) is 0 Å². The number of hydrogen-bond acceptors (Lipinski definition) is 4. The molecule has 0 spiro atoms. The topological polar surface area (TPSA) is 48.7 Å². The number of rotatable bonds is 5. The van der Waals surface area contributed by atoms with Gasteiger partial charge in [-0.2, -0.15) is 0 Å². The predicted molar refractivity (Wildman–Crippen MR) is 72.7 cm³/mol. The second kappa shape index (κ2) is 5.78. The molecule has 0 radical (unpaired) electrons. The molecule has 2 rings (SSSR count). The van der Waals surface area contributed by atoms with Gasteiger partial charge in [-0.15, -0.1) is 0 Å². The minimum absolute atomic E-state index is 0.392. The van der Waals surface area contributed by atoms with E-state index in [-0.39, 0.29) is 0 Å². The van der Waals surface area contributed by atoms with E-state index in [1.807, 2.05) is 13.0 Å². The fourth-order valence-corrected chi connectivity index (χ4v) is 1.92. The molecule has 102 valence electrons. The lowest BCUT2D eigenvalue weighted by Gasteiger charge is -2.08. The van der Waals surface area contributed by atoms with Crippen molar-refractivity contribution in [3.63, 3.8) is 0 Å². The number of carbonyl (C=O) groups excluding carboxylic acids is 1. The van der Waals surface area contributed by atoms with Crippen LogP contribution in [0.5, 0.6) is 5.75 Å². The highest BCUT2D eigenvalue weighted by Gasteiger charge is 2.14. The fourth-order valence-electron chi connectivity index (χ4n) is 1.92. The number of ether oxygens (including phenoxy) is 2. The third-order valence-electron chi connectivity index (χ3n) is 2.90. The van der Waals surface area contributed by atoms with Crippen molar-refractivity contribution in [2.75, 3.05) is 13.7 Å². The third-order valence-corrected chi connectivity index (χ3v) is 2.90. The maximum Gasteiger partial charge on any atom is 0.338 e. The van der Waals surface area contributed by atoms with E-state index in [4.69, 9.17) is 13.9 Å². The lowest BCUT2D eigenvalue weighted by atomic mass is 10.1. The Hall–Kier alpha value is -1.97. The molecule has 4 heteroatoms. The molecule has 0 unspecified atom stereocenters. The molecule has 0 saturated heterocycles. The van der Waals surface area contributed by atoms with Gasteiger partial charge in [0.15, 0.2) is 0 Å². The number of methoxy groups -OCH3 is 1. The summed E-state index contributed by atoms with van der Waals surface area (Å²) in [4.78, 5) is 11.6. The van der Waals surface area contributed by atoms with Gasteiger partial charge >= 0.3 is 5.97 Å². The molecule has 2 aromatic rings. The van der Waals surface area contributed by atoms with Crippen LogP contribution in [0.2, 0.25) is 0 Å². The Kier molecular flexibility index (Phi) is 4.10. The van der Waals surface area contributed by atoms with Gasteiger partial charge in [0.25, 0.3) is 0 Å². The van der Waals surface area contributed by atoms with Crippen LogP contribution in [0.15, 0.2) is 22.6 Å². The van der Waals surface area contributed by atoms with Crippen LogP contribution in [0.4, 0.5) is 0 Å². The highest BCUT2D eigenvalue weighted by atomic mass is 16.5. The molecule has 0 aliphatic carbocycles. The summed E-state index contributed by atoms with van der Waals surface area (Å²) in [6, 6.07) is 5.30. The van der Waals surface area contributed by atoms with E-state index >= 15 is 0 Å². The maximum atomic E-state index is 11.6. The Labute approximate surface area is 112 Å². The minimum atomic E-state index is -0.392. The first kappa shape index (κ1) is 13.5. The highest BCUT2D eigenvalue weighted by molar-refractivity contribution is 5.96. The molecule has 1 heterocycles. The van der Waals surface area contributed by atoms with Crippen molar-refractivity contribution in [1.82, 2.24) is 0 Å². The van der Waals surface area contributed by atoms with Crippen LogP contribution in [-0.2, 0) is 4.74 Å². The maximum absolute atomic E-state index is 11.6. The van der Waals surface area contributed by atoms with Crippen molar-refractivity contribution >= 4 is 16.9 Å². The minimum Gasteiger partial charge on any atom is -0.493 e. The molecular weight excluding hydrogens is 244 g/mol. The van der Waals surface area contributed by atoms with Crippen LogP contribution in [-0.4, -0.2) is 19.7 Å². The average Bonchev–Trinajstić information content (AvgIpc) is 2.78. The second-order valence-corrected chi connectivity index (χ2v) is 4.44. The van der Waals surface area contributed by atoms with E-state index in [0.29, 0.717) is 23.5 Å². The quantitative estimate of drug-likeness (QED) is 0.609. The van der Waals surface area contributed by atoms with E-state index in [9.17, 15) is 4.79 Å². The smallest absolute Gasteiger partial charge is 0.338 e. The summed E-state index contributed by atoms with van der Waals surface area (Å²) in [6.07, 6.45) is 2.03. The van der Waals surface area contributed by atoms with E-state index in [1.165, 1.54) is 7.11 Å². The van der Waals surface area contributed by atoms with Crippen molar-refractivity contribution in [2.45, 2.75) is 26.7 Å². The van der Waals surface area contributed by atoms with Crippen molar-refractivity contribution in [1.29, 1.82) is 0 Å². The SMILES string of the molecule is CCCCOc1cc(C(=O)OC)cc2oc(C)cc12. The number of hydrogen-bond donors (Lipinski definition) is 0. The number of fused-ring (bicyclic) bond motifs is 1. The first-order chi connectivity index (χ1) is 9.15. The molecule has 0 aliphatic rings. The zero-order valence-electron chi connectivity index (χ0n) is 11.5. The normalized spacial score (nSPS) is 10.7. The van der Waals surface area contributed by atoms with Crippen LogP contribution in [0.1, 0.15) is 35.9 Å². The molecule has 0 amide bonds. The zero-order valence-corrected chi connectivity index (χ0v) is 11.5. The van der Waals surface area contributed by atoms with Crippen molar-refractivity contribution in [3.05, 3.63) is 29.5 Å². The van der Waals surface area contributed by atoms with Crippen LogP contribution < -0.4 is 4.74 Å². The molecule has 0 N–H and O–H groups in total. The number of furan rings is 1. The molecule has 0 aliphatic heterocycles. The Morgan fingerprint density at radius 3 is 2.79 bits per heavy atom. The second-order valence-electron chi connectivity index (χ2n) is 4.44. The average molecular weight is 262 g/mol. The first-order valence-corrected chi connectivity index (χ1v) is 6.41. The van der Waals surface area contributed by atoms with Gasteiger partial charge in [0.05, 0.1) is 24.7 Å². The molecule has 1 aromatic heterocycles. The predicted octanol–water partition coefficient (Wildman–Crippen LogP) is 3.71. The number of esters is 1. The van der Waals surface area contributed by atoms with Gasteiger partial charge in [-0.25, -0.2) is 4.79 Å². The summed E-state index contributed by atoms with van der Waals surface area (Å²) in [5, 5.41) is 0.890. The molecule has 0 saturated carbocycles. The fraction of sp³-hybridized carbons (Fsp3) is 0.400. The van der Waals surface area contributed by atoms with E-state index < -0.39 is 5.97 Å². The number of carbonyl (C=O) groups is 1. The molecule has 0 fully saturated rings. The van der Waals surface area contributed by atoms with Crippen LogP contribution >= 0.6 is 0 Å². The largest absolute Gasteiger partial charge is 0.493 e. The van der Waals surface area contributed by atoms with Crippen LogP contribution in [0, 0.1) is 6.92 Å². The molecular formula is C15H18O4. The Balaban J connectivity index is 2.42. The Bertz CT molecular complexity index is 583. The van der Waals surface area contributed by atoms with E-state index in [2.05, 4.69) is 6.92 Å². The number of benzene rings is 1. The Morgan fingerprint density at radius 2 is 2.11 bits per heavy atom.